The highest BCUT2D eigenvalue weighted by Gasteiger charge is 2.67. The van der Waals surface area contributed by atoms with E-state index >= 15 is 0 Å². The van der Waals surface area contributed by atoms with Gasteiger partial charge in [0.25, 0.3) is 0 Å². The SMILES string of the molecule is CCOC(=O)[C@]1(CC)N[C@@H](c2cccc(F)c2)[C@H]2C(=O)N(CC)C(=O)[C@@H]21. The van der Waals surface area contributed by atoms with Crippen LogP contribution in [0.5, 0.6) is 0 Å². The molecule has 2 heterocycles. The summed E-state index contributed by atoms with van der Waals surface area (Å²) in [6.07, 6.45) is 0.287. The molecular weight excluding hydrogens is 339 g/mol. The first-order chi connectivity index (χ1) is 12.4. The Labute approximate surface area is 151 Å². The monoisotopic (exact) mass is 362 g/mol. The number of esters is 1. The number of imide groups is 1. The van der Waals surface area contributed by atoms with E-state index in [1.54, 1.807) is 32.9 Å². The van der Waals surface area contributed by atoms with Gasteiger partial charge >= 0.3 is 5.97 Å². The zero-order chi connectivity index (χ0) is 19.1. The molecule has 0 aliphatic carbocycles. The quantitative estimate of drug-likeness (QED) is 0.639. The number of hydrogen-bond donors (Lipinski definition) is 1. The Bertz CT molecular complexity index is 753. The molecule has 0 radical (unpaired) electrons. The summed E-state index contributed by atoms with van der Waals surface area (Å²) in [6, 6.07) is 5.26. The number of amides is 2. The van der Waals surface area contributed by atoms with E-state index in [1.807, 2.05) is 0 Å². The Morgan fingerprint density at radius 3 is 2.58 bits per heavy atom. The third-order valence-corrected chi connectivity index (χ3v) is 5.47. The van der Waals surface area contributed by atoms with Crippen molar-refractivity contribution in [3.8, 4) is 0 Å². The number of ether oxygens (including phenoxy) is 1. The number of carbonyl (C=O) groups excluding carboxylic acids is 3. The normalized spacial score (nSPS) is 30.6. The second-order valence-corrected chi connectivity index (χ2v) is 6.65. The molecule has 7 heteroatoms. The van der Waals surface area contributed by atoms with E-state index in [4.69, 9.17) is 4.74 Å². The van der Waals surface area contributed by atoms with Crippen molar-refractivity contribution in [3.05, 3.63) is 35.6 Å². The summed E-state index contributed by atoms with van der Waals surface area (Å²) in [5, 5.41) is 3.18. The van der Waals surface area contributed by atoms with Gasteiger partial charge < -0.3 is 4.74 Å². The van der Waals surface area contributed by atoms with Crippen LogP contribution in [0.4, 0.5) is 4.39 Å². The number of nitrogens with zero attached hydrogens (tertiary/aromatic N) is 1. The van der Waals surface area contributed by atoms with Crippen LogP contribution in [0.15, 0.2) is 24.3 Å². The maximum atomic E-state index is 13.8. The number of nitrogens with one attached hydrogen (secondary N) is 1. The molecule has 0 aromatic heterocycles. The molecule has 2 saturated heterocycles. The number of halogens is 1. The predicted molar refractivity (Wildman–Crippen MR) is 91.3 cm³/mol. The van der Waals surface area contributed by atoms with Gasteiger partial charge in [-0.3, -0.25) is 24.6 Å². The molecule has 2 fully saturated rings. The van der Waals surface area contributed by atoms with Crippen LogP contribution < -0.4 is 5.32 Å². The summed E-state index contributed by atoms with van der Waals surface area (Å²) in [6.45, 7) is 5.60. The van der Waals surface area contributed by atoms with Crippen LogP contribution in [0.25, 0.3) is 0 Å². The van der Waals surface area contributed by atoms with Crippen LogP contribution in [0, 0.1) is 17.7 Å². The van der Waals surface area contributed by atoms with Crippen LogP contribution in [0.3, 0.4) is 0 Å². The molecule has 1 aromatic rings. The lowest BCUT2D eigenvalue weighted by atomic mass is 9.78. The van der Waals surface area contributed by atoms with Crippen molar-refractivity contribution < 1.29 is 23.5 Å². The second kappa shape index (κ2) is 6.79. The molecule has 1 N–H and O–H groups in total. The van der Waals surface area contributed by atoms with Crippen LogP contribution in [-0.4, -0.2) is 41.4 Å². The first-order valence-corrected chi connectivity index (χ1v) is 8.96. The average molecular weight is 362 g/mol. The molecule has 0 saturated carbocycles. The predicted octanol–water partition coefficient (Wildman–Crippen LogP) is 1.80. The highest BCUT2D eigenvalue weighted by Crippen LogP contribution is 2.50. The van der Waals surface area contributed by atoms with Gasteiger partial charge in [-0.1, -0.05) is 19.1 Å². The third kappa shape index (κ3) is 2.53. The molecule has 6 nitrogen and oxygen atoms in total. The van der Waals surface area contributed by atoms with Gasteiger partial charge in [0.1, 0.15) is 11.4 Å². The molecule has 4 atom stereocenters. The number of benzene rings is 1. The van der Waals surface area contributed by atoms with E-state index in [9.17, 15) is 18.8 Å². The molecule has 0 spiro atoms. The number of carbonyl (C=O) groups is 3. The van der Waals surface area contributed by atoms with Crippen molar-refractivity contribution in [1.82, 2.24) is 10.2 Å². The Hall–Kier alpha value is -2.28. The minimum absolute atomic E-state index is 0.171. The van der Waals surface area contributed by atoms with Gasteiger partial charge in [-0.05, 0) is 38.0 Å². The Kier molecular flexibility index (Phi) is 4.84. The summed E-state index contributed by atoms with van der Waals surface area (Å²) in [5.74, 6) is -3.29. The molecular formula is C19H23FN2O4. The van der Waals surface area contributed by atoms with Gasteiger partial charge in [-0.2, -0.15) is 0 Å². The molecule has 1 aromatic carbocycles. The van der Waals surface area contributed by atoms with E-state index in [2.05, 4.69) is 5.32 Å². The summed E-state index contributed by atoms with van der Waals surface area (Å²) in [7, 11) is 0. The van der Waals surface area contributed by atoms with Crippen molar-refractivity contribution in [2.45, 2.75) is 38.8 Å². The molecule has 140 valence electrons. The third-order valence-electron chi connectivity index (χ3n) is 5.47. The topological polar surface area (TPSA) is 75.7 Å². The largest absolute Gasteiger partial charge is 0.465 e. The number of rotatable bonds is 5. The van der Waals surface area contributed by atoms with E-state index < -0.39 is 35.2 Å². The second-order valence-electron chi connectivity index (χ2n) is 6.65. The standard InChI is InChI=1S/C19H23FN2O4/c1-4-19(18(25)26-6-3)14-13(16(23)22(5-2)17(14)24)15(21-19)11-8-7-9-12(20)10-11/h7-10,13-15,21H,4-6H2,1-3H3/t13-,14+,15-,19+/m0/s1. The summed E-state index contributed by atoms with van der Waals surface area (Å²) < 4.78 is 19.0. The van der Waals surface area contributed by atoms with Gasteiger partial charge in [-0.15, -0.1) is 0 Å². The Morgan fingerprint density at radius 1 is 1.27 bits per heavy atom. The summed E-state index contributed by atoms with van der Waals surface area (Å²) in [5.41, 5.74) is -0.757. The van der Waals surface area contributed by atoms with Gasteiger partial charge in [-0.25, -0.2) is 4.39 Å². The highest BCUT2D eigenvalue weighted by molar-refractivity contribution is 6.09. The lowest BCUT2D eigenvalue weighted by molar-refractivity contribution is -0.156. The maximum Gasteiger partial charge on any atom is 0.327 e. The Morgan fingerprint density at radius 2 is 2.00 bits per heavy atom. The fourth-order valence-corrected chi connectivity index (χ4v) is 4.28. The van der Waals surface area contributed by atoms with Crippen LogP contribution in [-0.2, 0) is 19.1 Å². The van der Waals surface area contributed by atoms with Crippen LogP contribution >= 0.6 is 0 Å². The molecule has 2 aliphatic heterocycles. The molecule has 0 bridgehead atoms. The minimum atomic E-state index is -1.30. The first-order valence-electron chi connectivity index (χ1n) is 8.96. The Balaban J connectivity index is 2.13. The number of hydrogen-bond acceptors (Lipinski definition) is 5. The fraction of sp³-hybridized carbons (Fsp3) is 0.526. The maximum absolute atomic E-state index is 13.8. The smallest absolute Gasteiger partial charge is 0.327 e. The lowest BCUT2D eigenvalue weighted by Gasteiger charge is -2.31. The van der Waals surface area contributed by atoms with Gasteiger partial charge in [0.05, 0.1) is 18.4 Å². The van der Waals surface area contributed by atoms with Crippen LogP contribution in [0.1, 0.15) is 38.8 Å². The molecule has 26 heavy (non-hydrogen) atoms. The van der Waals surface area contributed by atoms with Crippen LogP contribution in [0.2, 0.25) is 0 Å². The van der Waals surface area contributed by atoms with Crippen molar-refractivity contribution in [3.63, 3.8) is 0 Å². The zero-order valence-electron chi connectivity index (χ0n) is 15.1. The molecule has 3 rings (SSSR count). The molecule has 0 unspecified atom stereocenters. The van der Waals surface area contributed by atoms with Crippen molar-refractivity contribution in [2.24, 2.45) is 11.8 Å². The van der Waals surface area contributed by atoms with E-state index in [1.165, 1.54) is 17.0 Å². The van der Waals surface area contributed by atoms with Crippen molar-refractivity contribution >= 4 is 17.8 Å². The number of fused-ring (bicyclic) bond motifs is 1. The zero-order valence-corrected chi connectivity index (χ0v) is 15.1. The van der Waals surface area contributed by atoms with Gasteiger partial charge in [0, 0.05) is 12.6 Å². The summed E-state index contributed by atoms with van der Waals surface area (Å²) >= 11 is 0. The minimum Gasteiger partial charge on any atom is -0.465 e. The van der Waals surface area contributed by atoms with Gasteiger partial charge in [0.2, 0.25) is 11.8 Å². The van der Waals surface area contributed by atoms with E-state index in [0.29, 0.717) is 5.56 Å². The van der Waals surface area contributed by atoms with E-state index in [-0.39, 0.29) is 31.4 Å². The van der Waals surface area contributed by atoms with Crippen molar-refractivity contribution in [2.75, 3.05) is 13.2 Å². The fourth-order valence-electron chi connectivity index (χ4n) is 4.28. The molecule has 2 amide bonds. The molecule has 2 aliphatic rings. The number of likely N-dealkylation sites (tertiary alicyclic amines) is 1. The summed E-state index contributed by atoms with van der Waals surface area (Å²) in [4.78, 5) is 39.8. The lowest BCUT2D eigenvalue weighted by Crippen LogP contribution is -2.56. The van der Waals surface area contributed by atoms with E-state index in [0.717, 1.165) is 0 Å². The average Bonchev–Trinajstić information content (AvgIpc) is 3.10. The first kappa shape index (κ1) is 18.5. The highest BCUT2D eigenvalue weighted by atomic mass is 19.1. The van der Waals surface area contributed by atoms with Crippen molar-refractivity contribution in [1.29, 1.82) is 0 Å². The van der Waals surface area contributed by atoms with Gasteiger partial charge in [0.15, 0.2) is 0 Å².